The maximum absolute atomic E-state index is 6.21. The van der Waals surface area contributed by atoms with E-state index in [0.717, 1.165) is 17.7 Å². The zero-order valence-corrected chi connectivity index (χ0v) is 13.0. The summed E-state index contributed by atoms with van der Waals surface area (Å²) >= 11 is 0. The van der Waals surface area contributed by atoms with Crippen molar-refractivity contribution in [2.75, 3.05) is 6.61 Å². The smallest absolute Gasteiger partial charge is 0.119 e. The molecule has 0 aliphatic rings. The summed E-state index contributed by atoms with van der Waals surface area (Å²) in [6.07, 6.45) is 3.60. The summed E-state index contributed by atoms with van der Waals surface area (Å²) in [6, 6.07) is 16.5. The van der Waals surface area contributed by atoms with Crippen LogP contribution in [-0.2, 0) is 6.42 Å². The van der Waals surface area contributed by atoms with Crippen molar-refractivity contribution in [3.05, 3.63) is 65.2 Å². The van der Waals surface area contributed by atoms with Crippen LogP contribution in [0, 0.1) is 6.92 Å². The van der Waals surface area contributed by atoms with Crippen LogP contribution in [0.25, 0.3) is 0 Å². The minimum atomic E-state index is -0.0917. The van der Waals surface area contributed by atoms with E-state index >= 15 is 0 Å². The van der Waals surface area contributed by atoms with Gasteiger partial charge in [-0.05, 0) is 48.6 Å². The van der Waals surface area contributed by atoms with Crippen LogP contribution < -0.4 is 10.5 Å². The molecule has 0 amide bonds. The van der Waals surface area contributed by atoms with E-state index in [1.54, 1.807) is 0 Å². The lowest BCUT2D eigenvalue weighted by Gasteiger charge is -2.16. The summed E-state index contributed by atoms with van der Waals surface area (Å²) < 4.78 is 5.81. The predicted octanol–water partition coefficient (Wildman–Crippen LogP) is 4.42. The first-order chi connectivity index (χ1) is 10.2. The summed E-state index contributed by atoms with van der Waals surface area (Å²) in [5, 5.41) is 0. The van der Waals surface area contributed by atoms with Crippen LogP contribution in [-0.4, -0.2) is 6.61 Å². The Hall–Kier alpha value is -1.80. The van der Waals surface area contributed by atoms with Crippen LogP contribution in [0.2, 0.25) is 0 Å². The third-order valence-electron chi connectivity index (χ3n) is 3.76. The van der Waals surface area contributed by atoms with Gasteiger partial charge in [0, 0.05) is 0 Å². The van der Waals surface area contributed by atoms with E-state index in [2.05, 4.69) is 38.1 Å². The Kier molecular flexibility index (Phi) is 5.82. The Labute approximate surface area is 127 Å². The van der Waals surface area contributed by atoms with Gasteiger partial charge in [-0.15, -0.1) is 0 Å². The molecule has 0 aromatic heterocycles. The van der Waals surface area contributed by atoms with Crippen molar-refractivity contribution >= 4 is 0 Å². The number of hydrogen-bond acceptors (Lipinski definition) is 2. The van der Waals surface area contributed by atoms with E-state index in [0.29, 0.717) is 6.61 Å². The van der Waals surface area contributed by atoms with Gasteiger partial charge in [0.25, 0.3) is 0 Å². The highest BCUT2D eigenvalue weighted by molar-refractivity contribution is 5.30. The highest BCUT2D eigenvalue weighted by Crippen LogP contribution is 2.18. The largest absolute Gasteiger partial charge is 0.492 e. The van der Waals surface area contributed by atoms with E-state index in [4.69, 9.17) is 10.5 Å². The zero-order valence-electron chi connectivity index (χ0n) is 13.0. The standard InChI is InChI=1S/C19H25NO/c1-3-4-8-16-10-12-17(13-11-16)21-14-19(20)18-9-6-5-7-15(18)2/h5-7,9-13,19H,3-4,8,14,20H2,1-2H3. The van der Waals surface area contributed by atoms with Crippen LogP contribution >= 0.6 is 0 Å². The van der Waals surface area contributed by atoms with E-state index in [9.17, 15) is 0 Å². The fourth-order valence-electron chi connectivity index (χ4n) is 2.41. The average molecular weight is 283 g/mol. The van der Waals surface area contributed by atoms with Crippen LogP contribution in [0.3, 0.4) is 0 Å². The van der Waals surface area contributed by atoms with Crippen molar-refractivity contribution in [1.82, 2.24) is 0 Å². The van der Waals surface area contributed by atoms with Crippen LogP contribution in [0.4, 0.5) is 0 Å². The summed E-state index contributed by atoms with van der Waals surface area (Å²) in [4.78, 5) is 0. The van der Waals surface area contributed by atoms with Crippen molar-refractivity contribution < 1.29 is 4.74 Å². The Balaban J connectivity index is 1.89. The first-order valence-corrected chi connectivity index (χ1v) is 7.73. The molecule has 2 N–H and O–H groups in total. The lowest BCUT2D eigenvalue weighted by molar-refractivity contribution is 0.290. The molecule has 2 heteroatoms. The number of hydrogen-bond donors (Lipinski definition) is 1. The lowest BCUT2D eigenvalue weighted by Crippen LogP contribution is -2.19. The molecule has 0 saturated carbocycles. The molecule has 2 aromatic rings. The van der Waals surface area contributed by atoms with Gasteiger partial charge in [-0.1, -0.05) is 49.7 Å². The van der Waals surface area contributed by atoms with Gasteiger partial charge in [-0.25, -0.2) is 0 Å². The maximum Gasteiger partial charge on any atom is 0.119 e. The molecule has 2 aromatic carbocycles. The Morgan fingerprint density at radius 3 is 2.43 bits per heavy atom. The first kappa shape index (κ1) is 15.6. The minimum Gasteiger partial charge on any atom is -0.492 e. The second-order valence-corrected chi connectivity index (χ2v) is 5.52. The van der Waals surface area contributed by atoms with Crippen LogP contribution in [0.15, 0.2) is 48.5 Å². The molecule has 0 fully saturated rings. The number of ether oxygens (including phenoxy) is 1. The van der Waals surface area contributed by atoms with Gasteiger partial charge in [-0.3, -0.25) is 0 Å². The molecule has 0 saturated heterocycles. The van der Waals surface area contributed by atoms with Crippen LogP contribution in [0.1, 0.15) is 42.5 Å². The normalized spacial score (nSPS) is 12.1. The van der Waals surface area contributed by atoms with Crippen molar-refractivity contribution in [2.45, 2.75) is 39.2 Å². The second kappa shape index (κ2) is 7.84. The number of unbranched alkanes of at least 4 members (excludes halogenated alkanes) is 1. The molecule has 2 nitrogen and oxygen atoms in total. The molecule has 0 aliphatic carbocycles. The monoisotopic (exact) mass is 283 g/mol. The molecule has 0 spiro atoms. The van der Waals surface area contributed by atoms with Gasteiger partial charge in [-0.2, -0.15) is 0 Å². The Bertz CT molecular complexity index is 548. The molecular formula is C19H25NO. The molecule has 0 radical (unpaired) electrons. The zero-order chi connectivity index (χ0) is 15.1. The van der Waals surface area contributed by atoms with Gasteiger partial charge in [0.2, 0.25) is 0 Å². The van der Waals surface area contributed by atoms with Crippen molar-refractivity contribution in [1.29, 1.82) is 0 Å². The van der Waals surface area contributed by atoms with E-state index in [1.165, 1.54) is 24.0 Å². The molecule has 2 rings (SSSR count). The molecule has 0 heterocycles. The molecule has 112 valence electrons. The van der Waals surface area contributed by atoms with Gasteiger partial charge in [0.05, 0.1) is 6.04 Å². The van der Waals surface area contributed by atoms with E-state index in [1.807, 2.05) is 24.3 Å². The summed E-state index contributed by atoms with van der Waals surface area (Å²) in [6.45, 7) is 4.79. The van der Waals surface area contributed by atoms with E-state index < -0.39 is 0 Å². The van der Waals surface area contributed by atoms with Gasteiger partial charge >= 0.3 is 0 Å². The quantitative estimate of drug-likeness (QED) is 0.816. The number of nitrogens with two attached hydrogens (primary N) is 1. The molecule has 1 atom stereocenters. The maximum atomic E-state index is 6.21. The molecule has 21 heavy (non-hydrogen) atoms. The van der Waals surface area contributed by atoms with Crippen molar-refractivity contribution in [3.63, 3.8) is 0 Å². The van der Waals surface area contributed by atoms with Gasteiger partial charge < -0.3 is 10.5 Å². The summed E-state index contributed by atoms with van der Waals surface area (Å²) in [7, 11) is 0. The highest BCUT2D eigenvalue weighted by Gasteiger charge is 2.09. The SMILES string of the molecule is CCCCc1ccc(OCC(N)c2ccccc2C)cc1. The van der Waals surface area contributed by atoms with E-state index in [-0.39, 0.29) is 6.04 Å². The van der Waals surface area contributed by atoms with Crippen molar-refractivity contribution in [2.24, 2.45) is 5.73 Å². The third-order valence-corrected chi connectivity index (χ3v) is 3.76. The Morgan fingerprint density at radius 2 is 1.76 bits per heavy atom. The topological polar surface area (TPSA) is 35.2 Å². The van der Waals surface area contributed by atoms with Crippen LogP contribution in [0.5, 0.6) is 5.75 Å². The Morgan fingerprint density at radius 1 is 1.05 bits per heavy atom. The fraction of sp³-hybridized carbons (Fsp3) is 0.368. The third kappa shape index (κ3) is 4.61. The molecule has 0 aliphatic heterocycles. The number of rotatable bonds is 7. The number of benzene rings is 2. The average Bonchev–Trinajstić information content (AvgIpc) is 2.52. The first-order valence-electron chi connectivity index (χ1n) is 7.73. The van der Waals surface area contributed by atoms with Gasteiger partial charge in [0.1, 0.15) is 12.4 Å². The minimum absolute atomic E-state index is 0.0917. The molecule has 0 bridgehead atoms. The lowest BCUT2D eigenvalue weighted by atomic mass is 10.0. The number of aryl methyl sites for hydroxylation is 2. The summed E-state index contributed by atoms with van der Waals surface area (Å²) in [5.41, 5.74) is 9.94. The van der Waals surface area contributed by atoms with Gasteiger partial charge in [0.15, 0.2) is 0 Å². The molecular weight excluding hydrogens is 258 g/mol. The second-order valence-electron chi connectivity index (χ2n) is 5.52. The highest BCUT2D eigenvalue weighted by atomic mass is 16.5. The molecule has 1 unspecified atom stereocenters. The predicted molar refractivity (Wildman–Crippen MR) is 88.7 cm³/mol. The summed E-state index contributed by atoms with van der Waals surface area (Å²) in [5.74, 6) is 0.888. The fourth-order valence-corrected chi connectivity index (χ4v) is 2.41. The van der Waals surface area contributed by atoms with Crippen molar-refractivity contribution in [3.8, 4) is 5.75 Å².